The average molecular weight is 431 g/mol. The molecule has 1 saturated heterocycles. The van der Waals surface area contributed by atoms with Crippen LogP contribution in [0.15, 0.2) is 17.6 Å². The number of ether oxygens (including phenoxy) is 1. The van der Waals surface area contributed by atoms with E-state index in [2.05, 4.69) is 32.4 Å². The first-order valence-corrected chi connectivity index (χ1v) is 11.1. The average Bonchev–Trinajstić information content (AvgIpc) is 3.35. The molecule has 1 atom stereocenters. The fourth-order valence-corrected chi connectivity index (χ4v) is 4.63. The van der Waals surface area contributed by atoms with Crippen molar-refractivity contribution in [3.8, 4) is 0 Å². The summed E-state index contributed by atoms with van der Waals surface area (Å²) < 4.78 is 5.95. The molecule has 1 fully saturated rings. The minimum absolute atomic E-state index is 0.00487. The molecule has 4 heterocycles. The van der Waals surface area contributed by atoms with Crippen molar-refractivity contribution in [1.29, 1.82) is 0 Å². The number of aryl methyl sites for hydroxylation is 3. The Kier molecular flexibility index (Phi) is 5.84. The highest BCUT2D eigenvalue weighted by Crippen LogP contribution is 2.28. The van der Waals surface area contributed by atoms with Crippen molar-refractivity contribution in [1.82, 2.24) is 25.1 Å². The van der Waals surface area contributed by atoms with E-state index in [-0.39, 0.29) is 12.0 Å². The zero-order chi connectivity index (χ0) is 20.4. The maximum Gasteiger partial charge on any atom is 0.266 e. The summed E-state index contributed by atoms with van der Waals surface area (Å²) in [6.45, 7) is 7.36. The van der Waals surface area contributed by atoms with Gasteiger partial charge in [-0.25, -0.2) is 4.98 Å². The zero-order valence-corrected chi connectivity index (χ0v) is 18.1. The fourth-order valence-electron chi connectivity index (χ4n) is 3.17. The first kappa shape index (κ1) is 19.9. The second-order valence-electron chi connectivity index (χ2n) is 6.78. The quantitative estimate of drug-likeness (QED) is 0.662. The van der Waals surface area contributed by atoms with Crippen molar-refractivity contribution in [2.24, 2.45) is 0 Å². The van der Waals surface area contributed by atoms with E-state index in [4.69, 9.17) is 4.74 Å². The van der Waals surface area contributed by atoms with E-state index in [1.165, 1.54) is 22.7 Å². The molecule has 1 amide bonds. The van der Waals surface area contributed by atoms with Gasteiger partial charge in [-0.1, -0.05) is 18.3 Å². The van der Waals surface area contributed by atoms with Crippen molar-refractivity contribution in [3.05, 3.63) is 44.6 Å². The lowest BCUT2D eigenvalue weighted by molar-refractivity contribution is -0.0246. The Labute approximate surface area is 177 Å². The Morgan fingerprint density at radius 3 is 2.93 bits per heavy atom. The third kappa shape index (κ3) is 4.44. The second kappa shape index (κ2) is 8.52. The van der Waals surface area contributed by atoms with Crippen LogP contribution in [-0.4, -0.2) is 50.7 Å². The minimum Gasteiger partial charge on any atom is -0.368 e. The van der Waals surface area contributed by atoms with Crippen LogP contribution < -0.4 is 5.32 Å². The van der Waals surface area contributed by atoms with Gasteiger partial charge >= 0.3 is 0 Å². The summed E-state index contributed by atoms with van der Waals surface area (Å²) >= 11 is 2.91. The lowest BCUT2D eigenvalue weighted by atomic mass is 10.1. The molecule has 0 aliphatic carbocycles. The molecule has 3 aromatic rings. The Morgan fingerprint density at radius 2 is 2.21 bits per heavy atom. The molecule has 29 heavy (non-hydrogen) atoms. The summed E-state index contributed by atoms with van der Waals surface area (Å²) in [5.74, 6) is 0.00487. The molecule has 152 valence electrons. The molecule has 10 heteroatoms. The molecular formula is C19H22N6O2S2. The normalized spacial score (nSPS) is 16.8. The minimum atomic E-state index is -0.276. The lowest BCUT2D eigenvalue weighted by Crippen LogP contribution is -2.42. The molecule has 1 N–H and O–H groups in total. The van der Waals surface area contributed by atoms with Crippen LogP contribution >= 0.6 is 22.7 Å². The van der Waals surface area contributed by atoms with Crippen LogP contribution in [0.1, 0.15) is 44.8 Å². The number of nitrogens with one attached hydrogen (secondary N) is 1. The van der Waals surface area contributed by atoms with Gasteiger partial charge in [0, 0.05) is 17.9 Å². The van der Waals surface area contributed by atoms with Gasteiger partial charge in [0.15, 0.2) is 0 Å². The van der Waals surface area contributed by atoms with Crippen LogP contribution in [0.5, 0.6) is 0 Å². The van der Waals surface area contributed by atoms with E-state index in [1.807, 2.05) is 30.9 Å². The van der Waals surface area contributed by atoms with E-state index >= 15 is 0 Å². The van der Waals surface area contributed by atoms with Gasteiger partial charge in [-0.3, -0.25) is 9.78 Å². The van der Waals surface area contributed by atoms with Crippen LogP contribution in [0, 0.1) is 13.8 Å². The highest BCUT2D eigenvalue weighted by molar-refractivity contribution is 7.15. The fraction of sp³-hybridized carbons (Fsp3) is 0.421. The largest absolute Gasteiger partial charge is 0.368 e. The lowest BCUT2D eigenvalue weighted by Gasteiger charge is -2.32. The molecule has 8 nitrogen and oxygen atoms in total. The van der Waals surface area contributed by atoms with E-state index in [0.717, 1.165) is 39.3 Å². The van der Waals surface area contributed by atoms with Gasteiger partial charge in [-0.2, -0.15) is 0 Å². The Balaban J connectivity index is 1.52. The molecule has 1 aliphatic heterocycles. The molecule has 1 unspecified atom stereocenters. The third-order valence-electron chi connectivity index (χ3n) is 4.62. The number of carbonyl (C=O) groups is 1. The predicted octanol–water partition coefficient (Wildman–Crippen LogP) is 3.53. The second-order valence-corrected chi connectivity index (χ2v) is 8.70. The number of morpholine rings is 1. The smallest absolute Gasteiger partial charge is 0.266 e. The van der Waals surface area contributed by atoms with Crippen LogP contribution in [0.3, 0.4) is 0 Å². The van der Waals surface area contributed by atoms with Gasteiger partial charge < -0.3 is 15.0 Å². The molecule has 0 spiro atoms. The summed E-state index contributed by atoms with van der Waals surface area (Å²) in [5, 5.41) is 13.4. The molecule has 3 aromatic heterocycles. The van der Waals surface area contributed by atoms with E-state index in [9.17, 15) is 4.79 Å². The summed E-state index contributed by atoms with van der Waals surface area (Å²) in [5.41, 5.74) is 5.03. The van der Waals surface area contributed by atoms with Crippen molar-refractivity contribution in [3.63, 3.8) is 0 Å². The number of pyridine rings is 1. The van der Waals surface area contributed by atoms with Gasteiger partial charge in [0.05, 0.1) is 30.1 Å². The van der Waals surface area contributed by atoms with E-state index in [0.29, 0.717) is 24.6 Å². The highest BCUT2D eigenvalue weighted by Gasteiger charge is 2.29. The molecule has 0 saturated carbocycles. The molecule has 1 aliphatic rings. The maximum atomic E-state index is 12.9. The summed E-state index contributed by atoms with van der Waals surface area (Å²) in [4.78, 5) is 24.2. The van der Waals surface area contributed by atoms with Gasteiger partial charge in [-0.05, 0) is 32.4 Å². The maximum absolute atomic E-state index is 12.9. The molecule has 0 radical (unpaired) electrons. The monoisotopic (exact) mass is 430 g/mol. The number of hydrogen-bond acceptors (Lipinski definition) is 9. The SMILES string of the molecule is CCc1nnc(Nc2cc(C)nc(C3CN(C(=O)c4scnc4C)CCO3)c2)s1. The summed E-state index contributed by atoms with van der Waals surface area (Å²) in [7, 11) is 0. The molecule has 4 rings (SSSR count). The number of hydrogen-bond donors (Lipinski definition) is 1. The standard InChI is InChI=1S/C19H22N6O2S2/c1-4-16-23-24-19(29-16)22-13-7-11(2)21-14(8-13)15-9-25(5-6-27-15)18(26)17-12(3)20-10-28-17/h7-8,10,15H,4-6,9H2,1-3H3,(H,21,22,24). The number of carbonyl (C=O) groups excluding carboxylic acids is 1. The summed E-state index contributed by atoms with van der Waals surface area (Å²) in [6, 6.07) is 3.92. The number of thiazole rings is 1. The molecule has 0 bridgehead atoms. The van der Waals surface area contributed by atoms with Gasteiger partial charge in [0.25, 0.3) is 5.91 Å². The Morgan fingerprint density at radius 1 is 1.34 bits per heavy atom. The van der Waals surface area contributed by atoms with Crippen LogP contribution in [0.2, 0.25) is 0 Å². The first-order chi connectivity index (χ1) is 14.0. The van der Waals surface area contributed by atoms with E-state index < -0.39 is 0 Å². The van der Waals surface area contributed by atoms with Crippen LogP contribution in [0.25, 0.3) is 0 Å². The summed E-state index contributed by atoms with van der Waals surface area (Å²) in [6.07, 6.45) is 0.584. The highest BCUT2D eigenvalue weighted by atomic mass is 32.1. The molecule has 0 aromatic carbocycles. The topological polar surface area (TPSA) is 93.1 Å². The zero-order valence-electron chi connectivity index (χ0n) is 16.5. The van der Waals surface area contributed by atoms with Crippen molar-refractivity contribution < 1.29 is 9.53 Å². The van der Waals surface area contributed by atoms with Crippen molar-refractivity contribution in [2.75, 3.05) is 25.0 Å². The number of amides is 1. The number of nitrogens with zero attached hydrogens (tertiary/aromatic N) is 5. The van der Waals surface area contributed by atoms with Crippen molar-refractivity contribution in [2.45, 2.75) is 33.3 Å². The van der Waals surface area contributed by atoms with Gasteiger partial charge in [0.1, 0.15) is 16.0 Å². The van der Waals surface area contributed by atoms with Crippen molar-refractivity contribution >= 4 is 39.4 Å². The number of rotatable bonds is 5. The van der Waals surface area contributed by atoms with Gasteiger partial charge in [0.2, 0.25) is 5.13 Å². The van der Waals surface area contributed by atoms with Gasteiger partial charge in [-0.15, -0.1) is 21.5 Å². The van der Waals surface area contributed by atoms with Crippen LogP contribution in [0.4, 0.5) is 10.8 Å². The number of aromatic nitrogens is 4. The number of anilines is 2. The van der Waals surface area contributed by atoms with E-state index in [1.54, 1.807) is 5.51 Å². The predicted molar refractivity (Wildman–Crippen MR) is 113 cm³/mol. The Hall–Kier alpha value is -2.43. The molecular weight excluding hydrogens is 408 g/mol. The third-order valence-corrected chi connectivity index (χ3v) is 6.52. The first-order valence-electron chi connectivity index (χ1n) is 9.42. The van der Waals surface area contributed by atoms with Crippen LogP contribution in [-0.2, 0) is 11.2 Å². The Bertz CT molecular complexity index is 1020.